The van der Waals surface area contributed by atoms with Crippen LogP contribution in [0.2, 0.25) is 5.02 Å². The van der Waals surface area contributed by atoms with Gasteiger partial charge in [0.15, 0.2) is 22.9 Å². The lowest BCUT2D eigenvalue weighted by Crippen LogP contribution is -2.31. The van der Waals surface area contributed by atoms with E-state index in [2.05, 4.69) is 4.98 Å². The number of ether oxygens (including phenoxy) is 1. The van der Waals surface area contributed by atoms with Crippen LogP contribution in [0.25, 0.3) is 21.9 Å². The molecule has 7 nitrogen and oxygen atoms in total. The average molecular weight is 513 g/mol. The highest BCUT2D eigenvalue weighted by molar-refractivity contribution is 6.31. The first kappa shape index (κ1) is 22.9. The standard InChI is InChI=1S/C29H21ClN2O5/c1-15-7-3-6-10-21(15)32-25(19-14-31-20-9-5-4-8-18(19)20)24(27(34)29(32)35)26(33)22-12-16-11-17(30)13-23(36-2)28(16)37-22/h3-14,25,31,34H,1-2H3. The monoisotopic (exact) mass is 512 g/mol. The number of nitrogens with zero attached hydrogens (tertiary/aromatic N) is 1. The number of hydrogen-bond acceptors (Lipinski definition) is 5. The molecule has 1 atom stereocenters. The van der Waals surface area contributed by atoms with Crippen LogP contribution in [-0.2, 0) is 4.79 Å². The first-order valence-corrected chi connectivity index (χ1v) is 12.0. The van der Waals surface area contributed by atoms with Crippen molar-refractivity contribution < 1.29 is 23.8 Å². The quantitative estimate of drug-likeness (QED) is 0.256. The number of aryl methyl sites for hydroxylation is 1. The molecule has 1 amide bonds. The lowest BCUT2D eigenvalue weighted by Gasteiger charge is -2.27. The Morgan fingerprint density at radius 1 is 1.11 bits per heavy atom. The minimum Gasteiger partial charge on any atom is -0.503 e. The number of furan rings is 1. The number of fused-ring (bicyclic) bond motifs is 2. The zero-order chi connectivity index (χ0) is 25.8. The molecule has 5 aromatic rings. The number of aromatic amines is 1. The fraction of sp³-hybridized carbons (Fsp3) is 0.103. The second-order valence-corrected chi connectivity index (χ2v) is 9.32. The number of para-hydroxylation sites is 2. The Bertz CT molecular complexity index is 1760. The van der Waals surface area contributed by atoms with E-state index >= 15 is 0 Å². The molecule has 3 heterocycles. The number of aromatic nitrogens is 1. The number of H-pyrrole nitrogens is 1. The molecule has 1 aliphatic heterocycles. The average Bonchev–Trinajstić information content (AvgIpc) is 3.58. The number of benzene rings is 3. The molecule has 0 saturated carbocycles. The molecular weight excluding hydrogens is 492 g/mol. The Kier molecular flexibility index (Phi) is 5.31. The van der Waals surface area contributed by atoms with E-state index in [0.29, 0.717) is 33.0 Å². The van der Waals surface area contributed by atoms with Crippen molar-refractivity contribution in [3.63, 3.8) is 0 Å². The van der Waals surface area contributed by atoms with E-state index < -0.39 is 23.5 Å². The molecular formula is C29H21ClN2O5. The van der Waals surface area contributed by atoms with Gasteiger partial charge >= 0.3 is 0 Å². The summed E-state index contributed by atoms with van der Waals surface area (Å²) < 4.78 is 11.3. The molecule has 2 aromatic heterocycles. The number of rotatable bonds is 5. The summed E-state index contributed by atoms with van der Waals surface area (Å²) in [5, 5.41) is 13.0. The number of aliphatic hydroxyl groups excluding tert-OH is 1. The molecule has 3 aromatic carbocycles. The van der Waals surface area contributed by atoms with Crippen molar-refractivity contribution in [3.05, 3.63) is 106 Å². The molecule has 1 aliphatic rings. The van der Waals surface area contributed by atoms with Crippen LogP contribution >= 0.6 is 11.6 Å². The molecule has 37 heavy (non-hydrogen) atoms. The minimum absolute atomic E-state index is 0.0404. The second-order valence-electron chi connectivity index (χ2n) is 8.88. The summed E-state index contributed by atoms with van der Waals surface area (Å²) in [6.45, 7) is 1.88. The van der Waals surface area contributed by atoms with Crippen LogP contribution in [0.5, 0.6) is 5.75 Å². The molecule has 0 spiro atoms. The maximum atomic E-state index is 14.0. The summed E-state index contributed by atoms with van der Waals surface area (Å²) in [4.78, 5) is 32.2. The summed E-state index contributed by atoms with van der Waals surface area (Å²) in [6, 6.07) is 18.8. The third-order valence-corrected chi connectivity index (χ3v) is 6.95. The summed E-state index contributed by atoms with van der Waals surface area (Å²) in [5.74, 6) is -1.55. The van der Waals surface area contributed by atoms with Gasteiger partial charge in [0.25, 0.3) is 5.91 Å². The Balaban J connectivity index is 1.56. The first-order chi connectivity index (χ1) is 17.9. The molecule has 0 saturated heterocycles. The van der Waals surface area contributed by atoms with Gasteiger partial charge in [0.2, 0.25) is 5.78 Å². The van der Waals surface area contributed by atoms with Crippen LogP contribution in [0.3, 0.4) is 0 Å². The van der Waals surface area contributed by atoms with E-state index in [9.17, 15) is 14.7 Å². The molecule has 1 unspecified atom stereocenters. The fourth-order valence-electron chi connectivity index (χ4n) is 5.02. The topological polar surface area (TPSA) is 95.8 Å². The molecule has 0 fully saturated rings. The molecule has 2 N–H and O–H groups in total. The number of methoxy groups -OCH3 is 1. The van der Waals surface area contributed by atoms with Crippen molar-refractivity contribution in [2.75, 3.05) is 12.0 Å². The van der Waals surface area contributed by atoms with Gasteiger partial charge in [0, 0.05) is 44.8 Å². The maximum absolute atomic E-state index is 14.0. The zero-order valence-corrected chi connectivity index (χ0v) is 20.7. The van der Waals surface area contributed by atoms with E-state index in [1.165, 1.54) is 12.0 Å². The van der Waals surface area contributed by atoms with Crippen molar-refractivity contribution in [2.24, 2.45) is 0 Å². The van der Waals surface area contributed by atoms with Crippen LogP contribution in [0.4, 0.5) is 5.69 Å². The van der Waals surface area contributed by atoms with Gasteiger partial charge in [-0.15, -0.1) is 0 Å². The molecule has 6 rings (SSSR count). The highest BCUT2D eigenvalue weighted by Crippen LogP contribution is 2.45. The van der Waals surface area contributed by atoms with Crippen LogP contribution in [0.15, 0.2) is 88.7 Å². The first-order valence-electron chi connectivity index (χ1n) is 11.6. The number of nitrogens with one attached hydrogen (secondary N) is 1. The number of halogens is 1. The van der Waals surface area contributed by atoms with Gasteiger partial charge in [-0.1, -0.05) is 48.0 Å². The third-order valence-electron chi connectivity index (χ3n) is 6.73. The number of Topliss-reactive ketones (excluding diaryl/α,β-unsaturated/α-hetero) is 1. The van der Waals surface area contributed by atoms with Gasteiger partial charge in [-0.3, -0.25) is 14.5 Å². The number of aliphatic hydroxyl groups is 1. The Labute approximate surface area is 216 Å². The summed E-state index contributed by atoms with van der Waals surface area (Å²) in [7, 11) is 1.48. The van der Waals surface area contributed by atoms with Crippen molar-refractivity contribution in [2.45, 2.75) is 13.0 Å². The van der Waals surface area contributed by atoms with Gasteiger partial charge in [-0.2, -0.15) is 0 Å². The molecule has 184 valence electrons. The van der Waals surface area contributed by atoms with Crippen molar-refractivity contribution >= 4 is 50.9 Å². The molecule has 0 radical (unpaired) electrons. The lowest BCUT2D eigenvalue weighted by atomic mass is 9.94. The van der Waals surface area contributed by atoms with Crippen molar-refractivity contribution in [3.8, 4) is 5.75 Å². The van der Waals surface area contributed by atoms with E-state index in [-0.39, 0.29) is 11.3 Å². The predicted molar refractivity (Wildman–Crippen MR) is 141 cm³/mol. The van der Waals surface area contributed by atoms with E-state index in [0.717, 1.165) is 16.5 Å². The SMILES string of the molecule is COc1cc(Cl)cc2cc(C(=O)C3=C(O)C(=O)N(c4ccccc4C)C3c3c[nH]c4ccccc34)oc12. The Morgan fingerprint density at radius 3 is 2.65 bits per heavy atom. The summed E-state index contributed by atoms with van der Waals surface area (Å²) in [5.41, 5.74) is 3.22. The van der Waals surface area contributed by atoms with Gasteiger partial charge < -0.3 is 19.2 Å². The fourth-order valence-corrected chi connectivity index (χ4v) is 5.23. The number of ketones is 1. The Morgan fingerprint density at radius 2 is 1.86 bits per heavy atom. The predicted octanol–water partition coefficient (Wildman–Crippen LogP) is 6.67. The van der Waals surface area contributed by atoms with E-state index in [1.807, 2.05) is 49.4 Å². The van der Waals surface area contributed by atoms with Crippen LogP contribution in [0, 0.1) is 6.92 Å². The van der Waals surface area contributed by atoms with Crippen LogP contribution in [0.1, 0.15) is 27.7 Å². The normalized spacial score (nSPS) is 15.8. The zero-order valence-electron chi connectivity index (χ0n) is 19.9. The van der Waals surface area contributed by atoms with Gasteiger partial charge in [0.05, 0.1) is 18.7 Å². The maximum Gasteiger partial charge on any atom is 0.294 e. The van der Waals surface area contributed by atoms with Gasteiger partial charge in [-0.05, 0) is 36.8 Å². The second kappa shape index (κ2) is 8.57. The largest absolute Gasteiger partial charge is 0.503 e. The summed E-state index contributed by atoms with van der Waals surface area (Å²) in [6.07, 6.45) is 1.77. The number of amides is 1. The minimum atomic E-state index is -0.893. The van der Waals surface area contributed by atoms with Crippen molar-refractivity contribution in [1.82, 2.24) is 4.98 Å². The summed E-state index contributed by atoms with van der Waals surface area (Å²) >= 11 is 6.20. The molecule has 8 heteroatoms. The molecule has 0 bridgehead atoms. The number of carbonyl (C=O) groups excluding carboxylic acids is 2. The lowest BCUT2D eigenvalue weighted by molar-refractivity contribution is -0.117. The third kappa shape index (κ3) is 3.50. The van der Waals surface area contributed by atoms with E-state index in [1.54, 1.807) is 30.5 Å². The molecule has 0 aliphatic carbocycles. The number of carbonyl (C=O) groups is 2. The Hall–Kier alpha value is -4.49. The number of anilines is 1. The highest BCUT2D eigenvalue weighted by Gasteiger charge is 2.46. The van der Waals surface area contributed by atoms with Crippen LogP contribution < -0.4 is 9.64 Å². The smallest absolute Gasteiger partial charge is 0.294 e. The number of hydrogen-bond donors (Lipinski definition) is 2. The van der Waals surface area contributed by atoms with Crippen LogP contribution in [-0.4, -0.2) is 28.9 Å². The van der Waals surface area contributed by atoms with Gasteiger partial charge in [0.1, 0.15) is 0 Å². The van der Waals surface area contributed by atoms with Crippen molar-refractivity contribution in [1.29, 1.82) is 0 Å². The van der Waals surface area contributed by atoms with E-state index in [4.69, 9.17) is 20.8 Å². The van der Waals surface area contributed by atoms with Gasteiger partial charge in [-0.25, -0.2) is 0 Å². The highest BCUT2D eigenvalue weighted by atomic mass is 35.5.